The first-order valence-electron chi connectivity index (χ1n) is 6.84. The minimum absolute atomic E-state index is 0.331. The number of rotatable bonds is 6. The molecule has 0 saturated heterocycles. The smallest absolute Gasteiger partial charge is 0.335 e. The van der Waals surface area contributed by atoms with Crippen LogP contribution < -0.4 is 0 Å². The Balaban J connectivity index is 2.01. The van der Waals surface area contributed by atoms with Crippen LogP contribution in [0.2, 0.25) is 0 Å². The molecule has 0 bridgehead atoms. The lowest BCUT2D eigenvalue weighted by Crippen LogP contribution is -2.32. The van der Waals surface area contributed by atoms with Crippen LogP contribution in [-0.2, 0) is 6.54 Å². The summed E-state index contributed by atoms with van der Waals surface area (Å²) in [6.45, 7) is 5.25. The summed E-state index contributed by atoms with van der Waals surface area (Å²) in [6.07, 6.45) is 4.09. The molecule has 2 rings (SSSR count). The zero-order valence-electron chi connectivity index (χ0n) is 11.2. The Morgan fingerprint density at radius 2 is 2.21 bits per heavy atom. The van der Waals surface area contributed by atoms with Crippen LogP contribution in [0.4, 0.5) is 0 Å². The summed E-state index contributed by atoms with van der Waals surface area (Å²) in [5.41, 5.74) is 1.49. The monoisotopic (exact) mass is 325 g/mol. The van der Waals surface area contributed by atoms with Gasteiger partial charge in [0.1, 0.15) is 0 Å². The van der Waals surface area contributed by atoms with Gasteiger partial charge in [-0.1, -0.05) is 35.3 Å². The van der Waals surface area contributed by atoms with E-state index in [1.165, 1.54) is 19.3 Å². The summed E-state index contributed by atoms with van der Waals surface area (Å²) in [4.78, 5) is 13.3. The molecule has 0 unspecified atom stereocenters. The maximum absolute atomic E-state index is 10.9. The van der Waals surface area contributed by atoms with E-state index in [1.54, 1.807) is 12.1 Å². The lowest BCUT2D eigenvalue weighted by Gasteiger charge is -2.32. The number of nitrogens with zero attached hydrogens (tertiary/aromatic N) is 1. The number of hydrogen-bond acceptors (Lipinski definition) is 2. The number of hydrogen-bond donors (Lipinski definition) is 1. The van der Waals surface area contributed by atoms with E-state index in [1.807, 2.05) is 6.07 Å². The lowest BCUT2D eigenvalue weighted by atomic mass is 9.85. The maximum atomic E-state index is 10.9. The molecule has 1 N–H and O–H groups in total. The second kappa shape index (κ2) is 6.53. The minimum atomic E-state index is -0.880. The average molecular weight is 326 g/mol. The number of carboxylic acids is 1. The third-order valence-corrected chi connectivity index (χ3v) is 4.62. The van der Waals surface area contributed by atoms with E-state index >= 15 is 0 Å². The van der Waals surface area contributed by atoms with Gasteiger partial charge in [-0.25, -0.2) is 4.79 Å². The normalized spacial score (nSPS) is 15.5. The van der Waals surface area contributed by atoms with Gasteiger partial charge in [-0.15, -0.1) is 0 Å². The zero-order valence-corrected chi connectivity index (χ0v) is 12.8. The highest BCUT2D eigenvalue weighted by Crippen LogP contribution is 2.28. The van der Waals surface area contributed by atoms with Crippen molar-refractivity contribution in [3.63, 3.8) is 0 Å². The van der Waals surface area contributed by atoms with Crippen molar-refractivity contribution in [2.75, 3.05) is 13.1 Å². The van der Waals surface area contributed by atoms with Gasteiger partial charge in [-0.2, -0.15) is 0 Å². The highest BCUT2D eigenvalue weighted by atomic mass is 79.9. The largest absolute Gasteiger partial charge is 0.478 e. The second-order valence-corrected chi connectivity index (χ2v) is 6.09. The van der Waals surface area contributed by atoms with Crippen molar-refractivity contribution < 1.29 is 9.90 Å². The fourth-order valence-electron chi connectivity index (χ4n) is 2.40. The Labute approximate surface area is 122 Å². The first-order valence-corrected chi connectivity index (χ1v) is 7.63. The Morgan fingerprint density at radius 3 is 2.68 bits per heavy atom. The molecule has 1 saturated carbocycles. The fraction of sp³-hybridized carbons (Fsp3) is 0.533. The SMILES string of the molecule is CCN(Cc1ccc(C(=O)O)cc1Br)CC1CCC1. The first-order chi connectivity index (χ1) is 9.10. The molecular formula is C15H20BrNO2. The third kappa shape index (κ3) is 3.80. The maximum Gasteiger partial charge on any atom is 0.335 e. The van der Waals surface area contributed by atoms with Crippen LogP contribution in [0, 0.1) is 5.92 Å². The number of halogens is 1. The Kier molecular flexibility index (Phi) is 4.99. The molecule has 1 aromatic carbocycles. The van der Waals surface area contributed by atoms with E-state index < -0.39 is 5.97 Å². The van der Waals surface area contributed by atoms with Gasteiger partial charge in [-0.3, -0.25) is 4.90 Å². The van der Waals surface area contributed by atoms with Crippen LogP contribution in [-0.4, -0.2) is 29.1 Å². The summed E-state index contributed by atoms with van der Waals surface area (Å²) in [5.74, 6) is -0.0221. The number of carboxylic acid groups (broad SMARTS) is 1. The minimum Gasteiger partial charge on any atom is -0.478 e. The molecule has 0 aromatic heterocycles. The second-order valence-electron chi connectivity index (χ2n) is 5.24. The van der Waals surface area contributed by atoms with E-state index in [4.69, 9.17) is 5.11 Å². The van der Waals surface area contributed by atoms with Gasteiger partial charge < -0.3 is 5.11 Å². The molecule has 19 heavy (non-hydrogen) atoms. The van der Waals surface area contributed by atoms with Crippen molar-refractivity contribution in [3.05, 3.63) is 33.8 Å². The fourth-order valence-corrected chi connectivity index (χ4v) is 2.90. The molecular weight excluding hydrogens is 306 g/mol. The molecule has 3 nitrogen and oxygen atoms in total. The third-order valence-electron chi connectivity index (χ3n) is 3.88. The molecule has 4 heteroatoms. The van der Waals surface area contributed by atoms with Gasteiger partial charge in [0.05, 0.1) is 5.56 Å². The quantitative estimate of drug-likeness (QED) is 0.865. The van der Waals surface area contributed by atoms with Crippen molar-refractivity contribution in [2.24, 2.45) is 5.92 Å². The van der Waals surface area contributed by atoms with Crippen LogP contribution >= 0.6 is 15.9 Å². The molecule has 1 aliphatic rings. The number of benzene rings is 1. The molecule has 0 heterocycles. The Morgan fingerprint density at radius 1 is 1.47 bits per heavy atom. The van der Waals surface area contributed by atoms with Crippen molar-refractivity contribution in [3.8, 4) is 0 Å². The first kappa shape index (κ1) is 14.5. The molecule has 0 aliphatic heterocycles. The van der Waals surface area contributed by atoms with Gasteiger partial charge in [0.2, 0.25) is 0 Å². The molecule has 0 spiro atoms. The van der Waals surface area contributed by atoms with Crippen LogP contribution in [0.15, 0.2) is 22.7 Å². The predicted octanol–water partition coefficient (Wildman–Crippen LogP) is 3.77. The van der Waals surface area contributed by atoms with Crippen LogP contribution in [0.25, 0.3) is 0 Å². The Hall–Kier alpha value is -0.870. The van der Waals surface area contributed by atoms with E-state index in [0.717, 1.165) is 35.6 Å². The molecule has 1 fully saturated rings. The molecule has 104 valence electrons. The molecule has 1 aliphatic carbocycles. The summed E-state index contributed by atoms with van der Waals surface area (Å²) >= 11 is 3.48. The van der Waals surface area contributed by atoms with Crippen molar-refractivity contribution in [1.82, 2.24) is 4.90 Å². The van der Waals surface area contributed by atoms with Crippen molar-refractivity contribution in [2.45, 2.75) is 32.7 Å². The molecule has 0 atom stereocenters. The van der Waals surface area contributed by atoms with Gasteiger partial charge in [0.25, 0.3) is 0 Å². The van der Waals surface area contributed by atoms with E-state index in [9.17, 15) is 4.79 Å². The summed E-state index contributed by atoms with van der Waals surface area (Å²) in [7, 11) is 0. The predicted molar refractivity (Wildman–Crippen MR) is 79.4 cm³/mol. The van der Waals surface area contributed by atoms with Gasteiger partial charge in [0.15, 0.2) is 0 Å². The van der Waals surface area contributed by atoms with Gasteiger partial charge in [0, 0.05) is 17.6 Å². The molecule has 0 amide bonds. The van der Waals surface area contributed by atoms with Crippen molar-refractivity contribution >= 4 is 21.9 Å². The summed E-state index contributed by atoms with van der Waals surface area (Å²) in [6, 6.07) is 5.28. The molecule has 0 radical (unpaired) electrons. The summed E-state index contributed by atoms with van der Waals surface area (Å²) in [5, 5.41) is 8.96. The van der Waals surface area contributed by atoms with Crippen LogP contribution in [0.3, 0.4) is 0 Å². The average Bonchev–Trinajstić information content (AvgIpc) is 2.33. The van der Waals surface area contributed by atoms with Crippen LogP contribution in [0.1, 0.15) is 42.1 Å². The van der Waals surface area contributed by atoms with E-state index in [0.29, 0.717) is 5.56 Å². The van der Waals surface area contributed by atoms with Crippen molar-refractivity contribution in [1.29, 1.82) is 0 Å². The highest BCUT2D eigenvalue weighted by molar-refractivity contribution is 9.10. The standard InChI is InChI=1S/C15H20BrNO2/c1-2-17(9-11-4-3-5-11)10-13-7-6-12(15(18)19)8-14(13)16/h6-8,11H,2-5,9-10H2,1H3,(H,18,19). The number of aromatic carboxylic acids is 1. The van der Waals surface area contributed by atoms with Gasteiger partial charge >= 0.3 is 5.97 Å². The Bertz CT molecular complexity index is 457. The van der Waals surface area contributed by atoms with Gasteiger partial charge in [-0.05, 0) is 43.0 Å². The number of carbonyl (C=O) groups is 1. The highest BCUT2D eigenvalue weighted by Gasteiger charge is 2.20. The molecule has 1 aromatic rings. The summed E-state index contributed by atoms with van der Waals surface area (Å²) < 4.78 is 0.888. The van der Waals surface area contributed by atoms with Crippen LogP contribution in [0.5, 0.6) is 0 Å². The van der Waals surface area contributed by atoms with E-state index in [2.05, 4.69) is 27.8 Å². The van der Waals surface area contributed by atoms with E-state index in [-0.39, 0.29) is 0 Å². The topological polar surface area (TPSA) is 40.5 Å². The zero-order chi connectivity index (χ0) is 13.8. The lowest BCUT2D eigenvalue weighted by molar-refractivity contribution is 0.0697.